The van der Waals surface area contributed by atoms with Crippen molar-refractivity contribution in [1.82, 2.24) is 4.98 Å². The first kappa shape index (κ1) is 19.8. The number of para-hydroxylation sites is 1. The highest BCUT2D eigenvalue weighted by molar-refractivity contribution is 6.09. The first-order valence-corrected chi connectivity index (χ1v) is 9.25. The van der Waals surface area contributed by atoms with Crippen LogP contribution in [0, 0.1) is 0 Å². The summed E-state index contributed by atoms with van der Waals surface area (Å²) in [6, 6.07) is 14.2. The summed E-state index contributed by atoms with van der Waals surface area (Å²) < 4.78 is 45.5. The number of pyridine rings is 1. The second-order valence-electron chi connectivity index (χ2n) is 6.75. The summed E-state index contributed by atoms with van der Waals surface area (Å²) in [5.41, 5.74) is 1.07. The molecule has 2 amide bonds. The highest BCUT2D eigenvalue weighted by Gasteiger charge is 2.38. The van der Waals surface area contributed by atoms with Gasteiger partial charge in [-0.25, -0.2) is 4.79 Å². The third kappa shape index (κ3) is 3.56. The van der Waals surface area contributed by atoms with Gasteiger partial charge in [0.2, 0.25) is 0 Å². The first-order chi connectivity index (χ1) is 14.4. The maximum absolute atomic E-state index is 13.5. The van der Waals surface area contributed by atoms with E-state index in [2.05, 4.69) is 4.98 Å². The Kier molecular flexibility index (Phi) is 5.07. The lowest BCUT2D eigenvalue weighted by molar-refractivity contribution is -0.138. The van der Waals surface area contributed by atoms with E-state index in [1.54, 1.807) is 42.6 Å². The number of carbonyl (C=O) groups is 1. The van der Waals surface area contributed by atoms with Gasteiger partial charge in [0.05, 0.1) is 30.2 Å². The molecule has 2 aromatic carbocycles. The number of methoxy groups -OCH3 is 1. The van der Waals surface area contributed by atoms with E-state index in [0.29, 0.717) is 23.4 Å². The van der Waals surface area contributed by atoms with Crippen molar-refractivity contribution < 1.29 is 22.7 Å². The molecular formula is C22H18F3N3O2. The number of aromatic nitrogens is 1. The van der Waals surface area contributed by atoms with Gasteiger partial charge in [-0.3, -0.25) is 14.8 Å². The van der Waals surface area contributed by atoms with Gasteiger partial charge in [0.25, 0.3) is 0 Å². The van der Waals surface area contributed by atoms with Crippen LogP contribution in [0.4, 0.5) is 35.0 Å². The van der Waals surface area contributed by atoms with Crippen LogP contribution >= 0.6 is 0 Å². The van der Waals surface area contributed by atoms with E-state index in [9.17, 15) is 18.0 Å². The van der Waals surface area contributed by atoms with Crippen LogP contribution < -0.4 is 14.5 Å². The van der Waals surface area contributed by atoms with Gasteiger partial charge in [0.1, 0.15) is 5.75 Å². The molecule has 0 saturated carbocycles. The van der Waals surface area contributed by atoms with Crippen LogP contribution in [0.1, 0.15) is 11.1 Å². The Hall–Kier alpha value is -3.55. The van der Waals surface area contributed by atoms with Crippen LogP contribution in [-0.2, 0) is 12.6 Å². The van der Waals surface area contributed by atoms with Gasteiger partial charge >= 0.3 is 12.2 Å². The molecule has 30 heavy (non-hydrogen) atoms. The van der Waals surface area contributed by atoms with Crippen molar-refractivity contribution in [1.29, 1.82) is 0 Å². The molecule has 8 heteroatoms. The van der Waals surface area contributed by atoms with Gasteiger partial charge in [-0.15, -0.1) is 0 Å². The van der Waals surface area contributed by atoms with Crippen LogP contribution in [0.25, 0.3) is 0 Å². The summed E-state index contributed by atoms with van der Waals surface area (Å²) in [6.07, 6.45) is -1.04. The lowest BCUT2D eigenvalue weighted by Gasteiger charge is -2.29. The number of carbonyl (C=O) groups excluding carboxylic acids is 1. The lowest BCUT2D eigenvalue weighted by atomic mass is 10.1. The second-order valence-corrected chi connectivity index (χ2v) is 6.75. The minimum absolute atomic E-state index is 0.234. The van der Waals surface area contributed by atoms with E-state index in [1.807, 2.05) is 6.07 Å². The van der Waals surface area contributed by atoms with Crippen molar-refractivity contribution in [3.8, 4) is 5.75 Å². The number of ether oxygens (including phenoxy) is 1. The van der Waals surface area contributed by atoms with Gasteiger partial charge in [0.15, 0.2) is 0 Å². The van der Waals surface area contributed by atoms with Crippen molar-refractivity contribution in [2.75, 3.05) is 23.5 Å². The third-order valence-corrected chi connectivity index (χ3v) is 4.94. The predicted octanol–water partition coefficient (Wildman–Crippen LogP) is 5.43. The maximum atomic E-state index is 13.5. The van der Waals surface area contributed by atoms with Crippen LogP contribution in [-0.4, -0.2) is 24.7 Å². The zero-order chi connectivity index (χ0) is 21.3. The summed E-state index contributed by atoms with van der Waals surface area (Å²) in [4.78, 5) is 20.4. The Morgan fingerprint density at radius 1 is 1.10 bits per heavy atom. The fourth-order valence-corrected chi connectivity index (χ4v) is 3.56. The number of halogens is 3. The lowest BCUT2D eigenvalue weighted by Crippen LogP contribution is -2.40. The summed E-state index contributed by atoms with van der Waals surface area (Å²) in [5, 5.41) is 0. The molecule has 0 N–H and O–H groups in total. The average molecular weight is 413 g/mol. The molecule has 0 aliphatic carbocycles. The summed E-state index contributed by atoms with van der Waals surface area (Å²) in [7, 11) is 1.20. The van der Waals surface area contributed by atoms with Crippen molar-refractivity contribution in [3.63, 3.8) is 0 Å². The standard InChI is InChI=1S/C22H18F3N3O2/c1-30-20-12-15-9-11-27(19(15)13-18(20)22(23,24)25)21(29)28(16-6-3-2-4-7-16)17-8-5-10-26-14-17/h2-8,10,12-14H,9,11H2,1H3. The average Bonchev–Trinajstić information content (AvgIpc) is 3.17. The smallest absolute Gasteiger partial charge is 0.420 e. The first-order valence-electron chi connectivity index (χ1n) is 9.25. The number of hydrogen-bond donors (Lipinski definition) is 0. The minimum atomic E-state index is -4.60. The maximum Gasteiger partial charge on any atom is 0.420 e. The number of fused-ring (bicyclic) bond motifs is 1. The molecule has 2 heterocycles. The molecule has 154 valence electrons. The molecule has 0 saturated heterocycles. The number of urea groups is 1. The molecule has 5 nitrogen and oxygen atoms in total. The molecule has 0 radical (unpaired) electrons. The Morgan fingerprint density at radius 2 is 1.83 bits per heavy atom. The van der Waals surface area contributed by atoms with Gasteiger partial charge < -0.3 is 4.74 Å². The minimum Gasteiger partial charge on any atom is -0.496 e. The summed E-state index contributed by atoms with van der Waals surface area (Å²) in [6.45, 7) is 0.266. The Bertz CT molecular complexity index is 1020. The summed E-state index contributed by atoms with van der Waals surface area (Å²) >= 11 is 0. The van der Waals surface area contributed by atoms with Crippen LogP contribution in [0.15, 0.2) is 67.0 Å². The molecule has 0 spiro atoms. The fourth-order valence-electron chi connectivity index (χ4n) is 3.56. The fraction of sp³-hybridized carbons (Fsp3) is 0.182. The topological polar surface area (TPSA) is 45.7 Å². The monoisotopic (exact) mass is 413 g/mol. The van der Waals surface area contributed by atoms with E-state index in [-0.39, 0.29) is 18.0 Å². The number of rotatable bonds is 3. The van der Waals surface area contributed by atoms with Gasteiger partial charge in [0, 0.05) is 18.4 Å². The highest BCUT2D eigenvalue weighted by Crippen LogP contribution is 2.43. The molecule has 1 aliphatic heterocycles. The molecule has 4 rings (SSSR count). The zero-order valence-electron chi connectivity index (χ0n) is 16.1. The van der Waals surface area contributed by atoms with Crippen molar-refractivity contribution in [2.45, 2.75) is 12.6 Å². The second kappa shape index (κ2) is 7.70. The Morgan fingerprint density at radius 3 is 2.47 bits per heavy atom. The van der Waals surface area contributed by atoms with Gasteiger partial charge in [-0.05, 0) is 48.4 Å². The van der Waals surface area contributed by atoms with E-state index in [1.165, 1.54) is 29.2 Å². The Balaban J connectivity index is 1.79. The number of benzene rings is 2. The van der Waals surface area contributed by atoms with E-state index < -0.39 is 17.8 Å². The largest absolute Gasteiger partial charge is 0.496 e. The zero-order valence-corrected chi connectivity index (χ0v) is 16.1. The normalized spacial score (nSPS) is 13.1. The van der Waals surface area contributed by atoms with Crippen LogP contribution in [0.5, 0.6) is 5.75 Å². The molecule has 1 aromatic heterocycles. The molecule has 0 atom stereocenters. The number of anilines is 3. The molecule has 1 aliphatic rings. The SMILES string of the molecule is COc1cc2c(cc1C(F)(F)F)N(C(=O)N(c1ccccc1)c1cccnc1)CC2. The van der Waals surface area contributed by atoms with E-state index in [4.69, 9.17) is 4.74 Å². The molecule has 0 fully saturated rings. The van der Waals surface area contributed by atoms with Crippen LogP contribution in [0.2, 0.25) is 0 Å². The van der Waals surface area contributed by atoms with Crippen molar-refractivity contribution in [3.05, 3.63) is 78.1 Å². The van der Waals surface area contributed by atoms with Gasteiger partial charge in [-0.2, -0.15) is 13.2 Å². The predicted molar refractivity (Wildman–Crippen MR) is 107 cm³/mol. The summed E-state index contributed by atoms with van der Waals surface area (Å²) in [5.74, 6) is -0.247. The van der Waals surface area contributed by atoms with Crippen molar-refractivity contribution >= 4 is 23.1 Å². The number of amides is 2. The van der Waals surface area contributed by atoms with Gasteiger partial charge in [-0.1, -0.05) is 18.2 Å². The molecular weight excluding hydrogens is 395 g/mol. The quantitative estimate of drug-likeness (QED) is 0.575. The van der Waals surface area contributed by atoms with E-state index >= 15 is 0 Å². The molecule has 3 aromatic rings. The molecule has 0 unspecified atom stereocenters. The highest BCUT2D eigenvalue weighted by atomic mass is 19.4. The molecule has 0 bridgehead atoms. The van der Waals surface area contributed by atoms with Crippen LogP contribution in [0.3, 0.4) is 0 Å². The van der Waals surface area contributed by atoms with Crippen molar-refractivity contribution in [2.24, 2.45) is 0 Å². The number of nitrogens with zero attached hydrogens (tertiary/aromatic N) is 3. The van der Waals surface area contributed by atoms with E-state index in [0.717, 1.165) is 6.07 Å². The number of alkyl halides is 3. The number of hydrogen-bond acceptors (Lipinski definition) is 3. The Labute approximate surface area is 171 Å². The third-order valence-electron chi connectivity index (χ3n) is 4.94.